The standard InChI is InChI=1S/C28H30F3N9O8/c1-25(2,43)17-8-21(35-22-16(17)5-7-37(22)15-11-33-38(13-15)27(29,30)31)34-20-9-18-19(12-32-20)40(28(45,46)47)24(42)39(18)14-4-6-26(44,10-14)36-23(41)48-3/h5,7-9,11-14,43-47H,4,6,10H2,1-3H3,(H,36,41)(H,32,34,35). The summed E-state index contributed by atoms with van der Waals surface area (Å²) < 4.78 is 46.9. The molecule has 0 spiro atoms. The fraction of sp³-hybridized carbons (Fsp3) is 0.393. The minimum absolute atomic E-state index is 0.00969. The van der Waals surface area contributed by atoms with Crippen LogP contribution in [0.5, 0.6) is 0 Å². The van der Waals surface area contributed by atoms with Gasteiger partial charge in [-0.2, -0.15) is 9.78 Å². The number of ether oxygens (including phenoxy) is 1. The lowest BCUT2D eigenvalue weighted by Gasteiger charge is -2.23. The van der Waals surface area contributed by atoms with Crippen molar-refractivity contribution in [2.24, 2.45) is 0 Å². The number of hydrogen-bond donors (Lipinski definition) is 7. The zero-order chi connectivity index (χ0) is 35.0. The summed E-state index contributed by atoms with van der Waals surface area (Å²) in [6.07, 6.45) is -4.98. The number of alkyl carbamates (subject to hydrolysis) is 1. The zero-order valence-corrected chi connectivity index (χ0v) is 25.5. The van der Waals surface area contributed by atoms with Gasteiger partial charge in [-0.25, -0.2) is 24.1 Å². The summed E-state index contributed by atoms with van der Waals surface area (Å²) in [7, 11) is 1.12. The van der Waals surface area contributed by atoms with Gasteiger partial charge in [0, 0.05) is 30.1 Å². The van der Waals surface area contributed by atoms with Gasteiger partial charge in [0.15, 0.2) is 0 Å². The number of carbonyl (C=O) groups is 1. The Morgan fingerprint density at radius 1 is 1.10 bits per heavy atom. The van der Waals surface area contributed by atoms with E-state index in [-0.39, 0.29) is 62.5 Å². The topological polar surface area (TPSA) is 227 Å². The minimum Gasteiger partial charge on any atom is -0.453 e. The van der Waals surface area contributed by atoms with E-state index in [0.29, 0.717) is 10.9 Å². The molecule has 7 N–H and O–H groups in total. The third-order valence-corrected chi connectivity index (χ3v) is 8.09. The summed E-state index contributed by atoms with van der Waals surface area (Å²) in [6.45, 7) is 3.03. The molecule has 17 nitrogen and oxygen atoms in total. The Morgan fingerprint density at radius 2 is 1.83 bits per heavy atom. The van der Waals surface area contributed by atoms with E-state index in [1.807, 2.05) is 0 Å². The van der Waals surface area contributed by atoms with E-state index in [1.165, 1.54) is 36.7 Å². The van der Waals surface area contributed by atoms with Crippen molar-refractivity contribution in [2.45, 2.75) is 62.9 Å². The molecule has 48 heavy (non-hydrogen) atoms. The SMILES string of the molecule is COC(=O)NC1(O)CCC(n2c(=O)n(C(O)(O)O)c3cnc(Nc4cc(C(C)(C)O)c5ccn(-c6cnn(C(F)(F)F)c6)c5n4)cc32)C1. The predicted octanol–water partition coefficient (Wildman–Crippen LogP) is 1.50. The van der Waals surface area contributed by atoms with Crippen LogP contribution in [0.1, 0.15) is 44.7 Å². The second-order valence-electron chi connectivity index (χ2n) is 12.0. The molecule has 0 saturated heterocycles. The third-order valence-electron chi connectivity index (χ3n) is 8.09. The molecule has 256 valence electrons. The molecule has 1 fully saturated rings. The number of anilines is 2. The normalized spacial score (nSPS) is 18.9. The molecule has 20 heteroatoms. The number of nitrogens with zero attached hydrogens (tertiary/aromatic N) is 7. The van der Waals surface area contributed by atoms with Crippen molar-refractivity contribution in [3.05, 3.63) is 59.0 Å². The molecule has 0 aliphatic heterocycles. The van der Waals surface area contributed by atoms with Gasteiger partial charge in [-0.1, -0.05) is 0 Å². The summed E-state index contributed by atoms with van der Waals surface area (Å²) in [5.41, 5.74) is -3.87. The summed E-state index contributed by atoms with van der Waals surface area (Å²) in [4.78, 5) is 34.0. The Balaban J connectivity index is 1.44. The van der Waals surface area contributed by atoms with E-state index < -0.39 is 41.5 Å². The predicted molar refractivity (Wildman–Crippen MR) is 159 cm³/mol. The third kappa shape index (κ3) is 5.83. The maximum absolute atomic E-state index is 13.5. The second-order valence-corrected chi connectivity index (χ2v) is 12.0. The molecular formula is C28H30F3N9O8. The number of methoxy groups -OCH3 is 1. The number of imidazole rings is 1. The largest absolute Gasteiger partial charge is 0.504 e. The Bertz CT molecular complexity index is 2110. The maximum Gasteiger partial charge on any atom is 0.504 e. The van der Waals surface area contributed by atoms with Gasteiger partial charge < -0.3 is 35.6 Å². The van der Waals surface area contributed by atoms with E-state index >= 15 is 0 Å². The van der Waals surface area contributed by atoms with E-state index in [9.17, 15) is 48.3 Å². The first-order valence-corrected chi connectivity index (χ1v) is 14.3. The second kappa shape index (κ2) is 11.0. The maximum atomic E-state index is 13.5. The Hall–Kier alpha value is -5.02. The van der Waals surface area contributed by atoms with Gasteiger partial charge in [-0.15, -0.1) is 13.2 Å². The molecule has 5 aromatic heterocycles. The highest BCUT2D eigenvalue weighted by molar-refractivity contribution is 5.86. The molecular weight excluding hydrogens is 647 g/mol. The van der Waals surface area contributed by atoms with Crippen molar-refractivity contribution in [1.82, 2.24) is 38.8 Å². The number of alkyl halides is 3. The minimum atomic E-state index is -4.75. The van der Waals surface area contributed by atoms with Crippen molar-refractivity contribution in [3.8, 4) is 5.69 Å². The Labute approximate surface area is 267 Å². The van der Waals surface area contributed by atoms with Crippen LogP contribution < -0.4 is 16.3 Å². The number of pyridine rings is 2. The van der Waals surface area contributed by atoms with E-state index in [2.05, 4.69) is 30.4 Å². The summed E-state index contributed by atoms with van der Waals surface area (Å²) in [5, 5.41) is 61.0. The average Bonchev–Trinajstić information content (AvgIpc) is 3.75. The number of nitrogens with one attached hydrogen (secondary N) is 2. The molecule has 2 unspecified atom stereocenters. The highest BCUT2D eigenvalue weighted by Crippen LogP contribution is 2.38. The molecule has 1 aliphatic rings. The van der Waals surface area contributed by atoms with Crippen LogP contribution in [-0.4, -0.2) is 77.9 Å². The Morgan fingerprint density at radius 3 is 2.46 bits per heavy atom. The van der Waals surface area contributed by atoms with E-state index in [1.54, 1.807) is 6.07 Å². The van der Waals surface area contributed by atoms with Gasteiger partial charge in [-0.3, -0.25) is 14.5 Å². The zero-order valence-electron chi connectivity index (χ0n) is 25.5. The van der Waals surface area contributed by atoms with E-state index in [4.69, 9.17) is 0 Å². The monoisotopic (exact) mass is 677 g/mol. The highest BCUT2D eigenvalue weighted by Gasteiger charge is 2.42. The number of halogens is 3. The lowest BCUT2D eigenvalue weighted by molar-refractivity contribution is -0.374. The molecule has 2 atom stereocenters. The van der Waals surface area contributed by atoms with Crippen molar-refractivity contribution in [1.29, 1.82) is 0 Å². The molecule has 1 saturated carbocycles. The first kappa shape index (κ1) is 32.9. The molecule has 0 radical (unpaired) electrons. The van der Waals surface area contributed by atoms with Crippen molar-refractivity contribution >= 4 is 39.8 Å². The van der Waals surface area contributed by atoms with Crippen LogP contribution in [0.3, 0.4) is 0 Å². The number of aromatic nitrogens is 7. The number of hydrogen-bond acceptors (Lipinski definition) is 12. The smallest absolute Gasteiger partial charge is 0.453 e. The molecule has 1 amide bonds. The number of aliphatic hydroxyl groups is 5. The van der Waals surface area contributed by atoms with Crippen LogP contribution >= 0.6 is 0 Å². The van der Waals surface area contributed by atoms with Crippen molar-refractivity contribution in [3.63, 3.8) is 0 Å². The average molecular weight is 678 g/mol. The van der Waals surface area contributed by atoms with Crippen LogP contribution in [-0.2, 0) is 22.7 Å². The van der Waals surface area contributed by atoms with Crippen LogP contribution in [0.25, 0.3) is 27.8 Å². The van der Waals surface area contributed by atoms with Crippen LogP contribution in [0.2, 0.25) is 0 Å². The molecule has 0 bridgehead atoms. The summed E-state index contributed by atoms with van der Waals surface area (Å²) in [6, 6.07) is 3.62. The van der Waals surface area contributed by atoms with Gasteiger partial charge in [0.2, 0.25) is 0 Å². The van der Waals surface area contributed by atoms with Gasteiger partial charge in [0.1, 0.15) is 23.0 Å². The van der Waals surface area contributed by atoms with Crippen molar-refractivity contribution < 1.29 is 48.2 Å². The quantitative estimate of drug-likeness (QED) is 0.122. The molecule has 5 heterocycles. The first-order chi connectivity index (χ1) is 22.3. The number of amides is 1. The molecule has 1 aliphatic carbocycles. The number of rotatable bonds is 7. The van der Waals surface area contributed by atoms with Crippen LogP contribution in [0.4, 0.5) is 29.6 Å². The highest BCUT2D eigenvalue weighted by atomic mass is 19.4. The van der Waals surface area contributed by atoms with Gasteiger partial charge in [0.05, 0.1) is 48.0 Å². The molecule has 0 aromatic carbocycles. The fourth-order valence-corrected chi connectivity index (χ4v) is 6.00. The lowest BCUT2D eigenvalue weighted by atomic mass is 9.96. The number of fused-ring (bicyclic) bond motifs is 2. The summed E-state index contributed by atoms with van der Waals surface area (Å²) in [5.74, 6) is 0.131. The lowest BCUT2D eigenvalue weighted by Crippen LogP contribution is -2.47. The van der Waals surface area contributed by atoms with Crippen molar-refractivity contribution in [2.75, 3.05) is 12.4 Å². The molecule has 5 aromatic rings. The Kier molecular flexibility index (Phi) is 7.55. The van der Waals surface area contributed by atoms with Gasteiger partial charge in [-0.05, 0) is 44.4 Å². The molecule has 6 rings (SSSR count). The fourth-order valence-electron chi connectivity index (χ4n) is 6.00. The number of carbonyl (C=O) groups excluding carboxylic acids is 1. The van der Waals surface area contributed by atoms with Crippen LogP contribution in [0.15, 0.2) is 47.8 Å². The summed E-state index contributed by atoms with van der Waals surface area (Å²) >= 11 is 0. The van der Waals surface area contributed by atoms with E-state index in [0.717, 1.165) is 30.3 Å². The van der Waals surface area contributed by atoms with Crippen LogP contribution in [0, 0.1) is 0 Å². The first-order valence-electron chi connectivity index (χ1n) is 14.3. The van der Waals surface area contributed by atoms with Gasteiger partial charge >= 0.3 is 24.2 Å². The van der Waals surface area contributed by atoms with Gasteiger partial charge in [0.25, 0.3) is 0 Å².